The molecule has 0 saturated carbocycles. The first-order valence-electron chi connectivity index (χ1n) is 6.08. The highest BCUT2D eigenvalue weighted by Crippen LogP contribution is 2.15. The van der Waals surface area contributed by atoms with Gasteiger partial charge in [0.05, 0.1) is 0 Å². The third-order valence-corrected chi connectivity index (χ3v) is 3.17. The number of piperidine rings is 1. The van der Waals surface area contributed by atoms with E-state index in [1.807, 2.05) is 19.2 Å². The van der Waals surface area contributed by atoms with Gasteiger partial charge < -0.3 is 10.2 Å². The average Bonchev–Trinajstić information content (AvgIpc) is 2.40. The van der Waals surface area contributed by atoms with Crippen LogP contribution in [-0.4, -0.2) is 31.7 Å². The standard InChI is InChI=1S/C13H18N4/c1-17(10-11-4-3-7-15-9-11)13-6-2-5-12(8-14)16-13/h2,5-6,11,15H,3-4,7,9-10H2,1H3. The minimum absolute atomic E-state index is 0.483. The van der Waals surface area contributed by atoms with Crippen LogP contribution in [0.4, 0.5) is 5.82 Å². The van der Waals surface area contributed by atoms with Crippen LogP contribution in [0.2, 0.25) is 0 Å². The summed E-state index contributed by atoms with van der Waals surface area (Å²) in [5.41, 5.74) is 0.483. The Labute approximate surface area is 102 Å². The zero-order valence-corrected chi connectivity index (χ0v) is 10.2. The van der Waals surface area contributed by atoms with Gasteiger partial charge >= 0.3 is 0 Å². The van der Waals surface area contributed by atoms with Crippen molar-refractivity contribution in [3.8, 4) is 6.07 Å². The number of nitrogens with zero attached hydrogens (tertiary/aromatic N) is 3. The summed E-state index contributed by atoms with van der Waals surface area (Å²) in [6.45, 7) is 3.22. The molecule has 0 amide bonds. The summed E-state index contributed by atoms with van der Waals surface area (Å²) in [7, 11) is 2.04. The summed E-state index contributed by atoms with van der Waals surface area (Å²) in [6, 6.07) is 7.65. The van der Waals surface area contributed by atoms with Gasteiger partial charge in [-0.15, -0.1) is 0 Å². The molecule has 2 rings (SSSR count). The molecular weight excluding hydrogens is 212 g/mol. The first kappa shape index (κ1) is 11.9. The van der Waals surface area contributed by atoms with Crippen LogP contribution >= 0.6 is 0 Å². The lowest BCUT2D eigenvalue weighted by atomic mass is 9.99. The van der Waals surface area contributed by atoms with E-state index in [0.717, 1.165) is 25.5 Å². The molecule has 0 aliphatic carbocycles. The number of rotatable bonds is 3. The number of pyridine rings is 1. The Balaban J connectivity index is 1.98. The van der Waals surface area contributed by atoms with Crippen LogP contribution in [0, 0.1) is 17.2 Å². The first-order valence-corrected chi connectivity index (χ1v) is 6.08. The molecule has 1 unspecified atom stereocenters. The van der Waals surface area contributed by atoms with Crippen molar-refractivity contribution in [2.45, 2.75) is 12.8 Å². The summed E-state index contributed by atoms with van der Waals surface area (Å²) < 4.78 is 0. The number of nitrogens with one attached hydrogen (secondary N) is 1. The van der Waals surface area contributed by atoms with Crippen LogP contribution in [0.15, 0.2) is 18.2 Å². The summed E-state index contributed by atoms with van der Waals surface area (Å²) in [6.07, 6.45) is 2.53. The van der Waals surface area contributed by atoms with Crippen LogP contribution < -0.4 is 10.2 Å². The monoisotopic (exact) mass is 230 g/mol. The second-order valence-corrected chi connectivity index (χ2v) is 4.59. The fourth-order valence-electron chi connectivity index (χ4n) is 2.26. The highest BCUT2D eigenvalue weighted by molar-refractivity contribution is 5.40. The Morgan fingerprint density at radius 1 is 1.59 bits per heavy atom. The van der Waals surface area contributed by atoms with Gasteiger partial charge in [-0.3, -0.25) is 0 Å². The fourth-order valence-corrected chi connectivity index (χ4v) is 2.26. The fraction of sp³-hybridized carbons (Fsp3) is 0.538. The summed E-state index contributed by atoms with van der Waals surface area (Å²) in [5, 5.41) is 12.2. The predicted octanol–water partition coefficient (Wildman–Crippen LogP) is 1.39. The molecule has 1 aromatic heterocycles. The Kier molecular flexibility index (Phi) is 3.94. The number of anilines is 1. The zero-order chi connectivity index (χ0) is 12.1. The molecule has 0 radical (unpaired) electrons. The Bertz CT molecular complexity index is 404. The van der Waals surface area contributed by atoms with Crippen molar-refractivity contribution in [3.63, 3.8) is 0 Å². The minimum atomic E-state index is 0.483. The molecule has 1 atom stereocenters. The topological polar surface area (TPSA) is 52.0 Å². The van der Waals surface area contributed by atoms with Crippen LogP contribution in [0.3, 0.4) is 0 Å². The molecule has 2 heterocycles. The molecule has 4 nitrogen and oxygen atoms in total. The maximum atomic E-state index is 8.82. The van der Waals surface area contributed by atoms with Crippen LogP contribution in [0.1, 0.15) is 18.5 Å². The van der Waals surface area contributed by atoms with E-state index >= 15 is 0 Å². The molecule has 0 spiro atoms. The number of nitriles is 1. The molecule has 90 valence electrons. The van der Waals surface area contributed by atoms with E-state index in [0.29, 0.717) is 11.6 Å². The number of hydrogen-bond acceptors (Lipinski definition) is 4. The van der Waals surface area contributed by atoms with Gasteiger partial charge in [-0.25, -0.2) is 4.98 Å². The lowest BCUT2D eigenvalue weighted by molar-refractivity contribution is 0.380. The Morgan fingerprint density at radius 3 is 3.18 bits per heavy atom. The van der Waals surface area contributed by atoms with Crippen molar-refractivity contribution in [1.82, 2.24) is 10.3 Å². The van der Waals surface area contributed by atoms with E-state index in [1.54, 1.807) is 6.07 Å². The van der Waals surface area contributed by atoms with Gasteiger partial charge in [-0.2, -0.15) is 5.26 Å². The molecule has 0 bridgehead atoms. The lowest BCUT2D eigenvalue weighted by Gasteiger charge is -2.28. The molecule has 4 heteroatoms. The van der Waals surface area contributed by atoms with Crippen LogP contribution in [-0.2, 0) is 0 Å². The maximum Gasteiger partial charge on any atom is 0.142 e. The van der Waals surface area contributed by atoms with E-state index in [9.17, 15) is 0 Å². The molecule has 1 aromatic rings. The first-order chi connectivity index (χ1) is 8.29. The minimum Gasteiger partial charge on any atom is -0.359 e. The normalized spacial score (nSPS) is 19.6. The molecular formula is C13H18N4. The Hall–Kier alpha value is -1.60. The summed E-state index contributed by atoms with van der Waals surface area (Å²) in [4.78, 5) is 6.44. The van der Waals surface area contributed by atoms with Gasteiger partial charge in [-0.05, 0) is 44.0 Å². The maximum absolute atomic E-state index is 8.82. The molecule has 1 aliphatic rings. The third kappa shape index (κ3) is 3.18. The van der Waals surface area contributed by atoms with Gasteiger partial charge in [0.25, 0.3) is 0 Å². The van der Waals surface area contributed by atoms with Gasteiger partial charge in [0, 0.05) is 13.6 Å². The number of hydrogen-bond donors (Lipinski definition) is 1. The van der Waals surface area contributed by atoms with Crippen LogP contribution in [0.5, 0.6) is 0 Å². The lowest BCUT2D eigenvalue weighted by Crippen LogP contribution is -2.37. The third-order valence-electron chi connectivity index (χ3n) is 3.17. The van der Waals surface area contributed by atoms with E-state index in [-0.39, 0.29) is 0 Å². The molecule has 0 aromatic carbocycles. The van der Waals surface area contributed by atoms with Crippen molar-refractivity contribution >= 4 is 5.82 Å². The van der Waals surface area contributed by atoms with E-state index in [4.69, 9.17) is 5.26 Å². The van der Waals surface area contributed by atoms with E-state index in [2.05, 4.69) is 21.3 Å². The molecule has 17 heavy (non-hydrogen) atoms. The predicted molar refractivity (Wildman–Crippen MR) is 67.8 cm³/mol. The van der Waals surface area contributed by atoms with Crippen molar-refractivity contribution in [3.05, 3.63) is 23.9 Å². The smallest absolute Gasteiger partial charge is 0.142 e. The van der Waals surface area contributed by atoms with E-state index in [1.165, 1.54) is 12.8 Å². The summed E-state index contributed by atoms with van der Waals surface area (Å²) in [5.74, 6) is 1.57. The van der Waals surface area contributed by atoms with Crippen molar-refractivity contribution in [2.75, 3.05) is 31.6 Å². The highest BCUT2D eigenvalue weighted by atomic mass is 15.2. The largest absolute Gasteiger partial charge is 0.359 e. The van der Waals surface area contributed by atoms with Gasteiger partial charge in [0.2, 0.25) is 0 Å². The van der Waals surface area contributed by atoms with Gasteiger partial charge in [0.15, 0.2) is 0 Å². The quantitative estimate of drug-likeness (QED) is 0.852. The number of aromatic nitrogens is 1. The molecule has 1 saturated heterocycles. The molecule has 1 aliphatic heterocycles. The Morgan fingerprint density at radius 2 is 2.47 bits per heavy atom. The van der Waals surface area contributed by atoms with Crippen molar-refractivity contribution in [2.24, 2.45) is 5.92 Å². The van der Waals surface area contributed by atoms with Crippen molar-refractivity contribution < 1.29 is 0 Å². The second kappa shape index (κ2) is 5.65. The van der Waals surface area contributed by atoms with Gasteiger partial charge in [-0.1, -0.05) is 6.07 Å². The molecule has 1 fully saturated rings. The SMILES string of the molecule is CN(CC1CCCNC1)c1cccc(C#N)n1. The van der Waals surface area contributed by atoms with Crippen molar-refractivity contribution in [1.29, 1.82) is 5.26 Å². The zero-order valence-electron chi connectivity index (χ0n) is 10.2. The van der Waals surface area contributed by atoms with Gasteiger partial charge in [0.1, 0.15) is 17.6 Å². The molecule has 1 N–H and O–H groups in total. The average molecular weight is 230 g/mol. The second-order valence-electron chi connectivity index (χ2n) is 4.59. The van der Waals surface area contributed by atoms with Crippen LogP contribution in [0.25, 0.3) is 0 Å². The highest BCUT2D eigenvalue weighted by Gasteiger charge is 2.15. The summed E-state index contributed by atoms with van der Waals surface area (Å²) >= 11 is 0. The van der Waals surface area contributed by atoms with E-state index < -0.39 is 0 Å².